The molecule has 2 rings (SSSR count). The average Bonchev–Trinajstić information content (AvgIpc) is 2.96. The Morgan fingerprint density at radius 1 is 1.43 bits per heavy atom. The third kappa shape index (κ3) is 4.27. The van der Waals surface area contributed by atoms with Crippen molar-refractivity contribution in [3.05, 3.63) is 30.3 Å². The summed E-state index contributed by atoms with van der Waals surface area (Å²) in [6.07, 6.45) is 0. The van der Waals surface area contributed by atoms with Gasteiger partial charge in [-0.2, -0.15) is 4.68 Å². The molecule has 0 saturated heterocycles. The van der Waals surface area contributed by atoms with Crippen LogP contribution in [0.1, 0.15) is 6.92 Å². The van der Waals surface area contributed by atoms with Gasteiger partial charge in [-0.3, -0.25) is 4.79 Å². The third-order valence-corrected chi connectivity index (χ3v) is 3.73. The Bertz CT molecular complexity index is 575. The standard InChI is InChI=1S/C13H17N5O2S/c1-10(12(19)14-8-9-20-2)21-13-15-16-17-18(13)11-6-4-3-5-7-11/h3-7,10H,8-9H2,1-2H3,(H,14,19)/t10-/m1/s1. The fourth-order valence-corrected chi connectivity index (χ4v) is 2.45. The van der Waals surface area contributed by atoms with Crippen LogP contribution in [0.15, 0.2) is 35.5 Å². The summed E-state index contributed by atoms with van der Waals surface area (Å²) in [4.78, 5) is 11.9. The molecule has 1 aromatic carbocycles. The minimum atomic E-state index is -0.296. The maximum absolute atomic E-state index is 11.9. The summed E-state index contributed by atoms with van der Waals surface area (Å²) in [5.74, 6) is -0.0698. The van der Waals surface area contributed by atoms with Gasteiger partial charge in [0.05, 0.1) is 17.5 Å². The number of para-hydroxylation sites is 1. The van der Waals surface area contributed by atoms with Crippen molar-refractivity contribution in [2.24, 2.45) is 0 Å². The van der Waals surface area contributed by atoms with E-state index in [0.29, 0.717) is 18.3 Å². The number of hydrogen-bond donors (Lipinski definition) is 1. The highest BCUT2D eigenvalue weighted by atomic mass is 32.2. The Hall–Kier alpha value is -1.93. The molecule has 0 saturated carbocycles. The first-order chi connectivity index (χ1) is 10.2. The lowest BCUT2D eigenvalue weighted by Crippen LogP contribution is -2.33. The van der Waals surface area contributed by atoms with Gasteiger partial charge in [-0.1, -0.05) is 30.0 Å². The summed E-state index contributed by atoms with van der Waals surface area (Å²) in [6.45, 7) is 2.80. The van der Waals surface area contributed by atoms with E-state index in [0.717, 1.165) is 5.69 Å². The van der Waals surface area contributed by atoms with E-state index < -0.39 is 0 Å². The van der Waals surface area contributed by atoms with E-state index in [1.807, 2.05) is 37.3 Å². The van der Waals surface area contributed by atoms with Gasteiger partial charge in [0, 0.05) is 13.7 Å². The first-order valence-electron chi connectivity index (χ1n) is 6.49. The molecule has 112 valence electrons. The molecule has 1 N–H and O–H groups in total. The topological polar surface area (TPSA) is 81.9 Å². The van der Waals surface area contributed by atoms with Gasteiger partial charge in [-0.05, 0) is 29.5 Å². The smallest absolute Gasteiger partial charge is 0.233 e. The summed E-state index contributed by atoms with van der Waals surface area (Å²) >= 11 is 1.31. The van der Waals surface area contributed by atoms with Crippen molar-refractivity contribution in [1.29, 1.82) is 0 Å². The molecule has 7 nitrogen and oxygen atoms in total. The highest BCUT2D eigenvalue weighted by Crippen LogP contribution is 2.22. The first-order valence-corrected chi connectivity index (χ1v) is 7.37. The first kappa shape index (κ1) is 15.5. The van der Waals surface area contributed by atoms with Crippen LogP contribution >= 0.6 is 11.8 Å². The normalized spacial score (nSPS) is 12.1. The highest BCUT2D eigenvalue weighted by molar-refractivity contribution is 8.00. The molecule has 0 aliphatic heterocycles. The lowest BCUT2D eigenvalue weighted by atomic mass is 10.3. The number of aromatic nitrogens is 4. The Balaban J connectivity index is 2.00. The van der Waals surface area contributed by atoms with Crippen LogP contribution in [0.4, 0.5) is 0 Å². The van der Waals surface area contributed by atoms with E-state index in [-0.39, 0.29) is 11.2 Å². The second-order valence-electron chi connectivity index (χ2n) is 4.25. The van der Waals surface area contributed by atoms with Crippen LogP contribution in [-0.4, -0.2) is 51.6 Å². The molecule has 1 heterocycles. The number of carbonyl (C=O) groups excluding carboxylic acids is 1. The molecule has 0 radical (unpaired) electrons. The molecular formula is C13H17N5O2S. The second-order valence-corrected chi connectivity index (χ2v) is 5.56. The summed E-state index contributed by atoms with van der Waals surface area (Å²) in [5, 5.41) is 14.7. The van der Waals surface area contributed by atoms with Gasteiger partial charge in [-0.15, -0.1) is 5.10 Å². The molecule has 2 aromatic rings. The Morgan fingerprint density at radius 2 is 2.19 bits per heavy atom. The predicted octanol–water partition coefficient (Wildman–Crippen LogP) is 0.905. The number of thioether (sulfide) groups is 1. The zero-order valence-electron chi connectivity index (χ0n) is 11.9. The Kier molecular flexibility index (Phi) is 5.70. The maximum Gasteiger partial charge on any atom is 0.233 e. The van der Waals surface area contributed by atoms with Crippen molar-refractivity contribution in [1.82, 2.24) is 25.5 Å². The van der Waals surface area contributed by atoms with Gasteiger partial charge in [0.2, 0.25) is 11.1 Å². The minimum absolute atomic E-state index is 0.0698. The van der Waals surface area contributed by atoms with Crippen LogP contribution in [0.5, 0.6) is 0 Å². The van der Waals surface area contributed by atoms with Gasteiger partial charge in [-0.25, -0.2) is 0 Å². The van der Waals surface area contributed by atoms with Crippen molar-refractivity contribution < 1.29 is 9.53 Å². The number of hydrogen-bond acceptors (Lipinski definition) is 6. The third-order valence-electron chi connectivity index (χ3n) is 2.70. The Morgan fingerprint density at radius 3 is 2.90 bits per heavy atom. The van der Waals surface area contributed by atoms with Gasteiger partial charge in [0.25, 0.3) is 0 Å². The molecule has 0 spiro atoms. The van der Waals surface area contributed by atoms with Crippen LogP contribution in [0.25, 0.3) is 5.69 Å². The van der Waals surface area contributed by atoms with Crippen molar-refractivity contribution in [3.63, 3.8) is 0 Å². The number of rotatable bonds is 7. The minimum Gasteiger partial charge on any atom is -0.383 e. The fourth-order valence-electron chi connectivity index (χ4n) is 1.62. The molecule has 1 amide bonds. The van der Waals surface area contributed by atoms with Crippen LogP contribution in [0.2, 0.25) is 0 Å². The van der Waals surface area contributed by atoms with Crippen LogP contribution in [0, 0.1) is 0 Å². The van der Waals surface area contributed by atoms with Crippen molar-refractivity contribution in [2.45, 2.75) is 17.3 Å². The summed E-state index contributed by atoms with van der Waals surface area (Å²) in [6, 6.07) is 9.55. The summed E-state index contributed by atoms with van der Waals surface area (Å²) < 4.78 is 6.51. The second kappa shape index (κ2) is 7.75. The van der Waals surface area contributed by atoms with Crippen molar-refractivity contribution in [2.75, 3.05) is 20.3 Å². The highest BCUT2D eigenvalue weighted by Gasteiger charge is 2.18. The SMILES string of the molecule is COCCNC(=O)[C@@H](C)Sc1nnnn1-c1ccccc1. The number of benzene rings is 1. The summed E-state index contributed by atoms with van der Waals surface area (Å²) in [7, 11) is 1.60. The maximum atomic E-state index is 11.9. The van der Waals surface area contributed by atoms with E-state index >= 15 is 0 Å². The number of carbonyl (C=O) groups is 1. The van der Waals surface area contributed by atoms with Crippen molar-refractivity contribution in [3.8, 4) is 5.69 Å². The number of nitrogens with zero attached hydrogens (tertiary/aromatic N) is 4. The van der Waals surface area contributed by atoms with E-state index in [1.165, 1.54) is 11.8 Å². The molecule has 0 aliphatic rings. The molecule has 0 aliphatic carbocycles. The molecule has 0 unspecified atom stereocenters. The zero-order chi connectivity index (χ0) is 15.1. The molecule has 0 bridgehead atoms. The quantitative estimate of drug-likeness (QED) is 0.605. The van der Waals surface area contributed by atoms with Gasteiger partial charge < -0.3 is 10.1 Å². The monoisotopic (exact) mass is 307 g/mol. The van der Waals surface area contributed by atoms with Crippen molar-refractivity contribution >= 4 is 17.7 Å². The average molecular weight is 307 g/mol. The molecule has 21 heavy (non-hydrogen) atoms. The van der Waals surface area contributed by atoms with Crippen LogP contribution < -0.4 is 5.32 Å². The van der Waals surface area contributed by atoms with Crippen LogP contribution in [-0.2, 0) is 9.53 Å². The van der Waals surface area contributed by atoms with Gasteiger partial charge in [0.1, 0.15) is 0 Å². The lowest BCUT2D eigenvalue weighted by Gasteiger charge is -2.11. The number of ether oxygens (including phenoxy) is 1. The van der Waals surface area contributed by atoms with Gasteiger partial charge >= 0.3 is 0 Å². The number of nitrogens with one attached hydrogen (secondary N) is 1. The molecule has 8 heteroatoms. The van der Waals surface area contributed by atoms with E-state index in [9.17, 15) is 4.79 Å². The largest absolute Gasteiger partial charge is 0.383 e. The molecule has 1 aromatic heterocycles. The number of amides is 1. The Labute approximate surface area is 127 Å². The lowest BCUT2D eigenvalue weighted by molar-refractivity contribution is -0.120. The van der Waals surface area contributed by atoms with Crippen LogP contribution in [0.3, 0.4) is 0 Å². The van der Waals surface area contributed by atoms with Gasteiger partial charge in [0.15, 0.2) is 0 Å². The zero-order valence-corrected chi connectivity index (χ0v) is 12.7. The predicted molar refractivity (Wildman–Crippen MR) is 79.4 cm³/mol. The van der Waals surface area contributed by atoms with E-state index in [1.54, 1.807) is 11.8 Å². The molecule has 0 fully saturated rings. The van der Waals surface area contributed by atoms with E-state index in [2.05, 4.69) is 20.8 Å². The number of tetrazole rings is 1. The number of methoxy groups -OCH3 is 1. The fraction of sp³-hybridized carbons (Fsp3) is 0.385. The molecular weight excluding hydrogens is 290 g/mol. The molecule has 1 atom stereocenters. The van der Waals surface area contributed by atoms with E-state index in [4.69, 9.17) is 4.74 Å². The summed E-state index contributed by atoms with van der Waals surface area (Å²) in [5.41, 5.74) is 0.858.